The number of aliphatic imine (C=N–C) groups is 1. The first-order valence-corrected chi connectivity index (χ1v) is 9.50. The standard InChI is InChI=1S/C22H16N6O3/c29-17-12-14(10-11-23-17)21-27-28-22(31-21)26-19-20(30)24-16-9-5-4-8-15(16)18(25-19)13-6-2-1-3-7-13/h1-12,19H,(H,23,29)(H,24,30)(H,26,28). The number of fused-ring (bicyclic) bond motifs is 1. The van der Waals surface area contributed by atoms with E-state index in [1.54, 1.807) is 6.07 Å². The molecular weight excluding hydrogens is 396 g/mol. The summed E-state index contributed by atoms with van der Waals surface area (Å²) in [5, 5.41) is 13.7. The lowest BCUT2D eigenvalue weighted by Crippen LogP contribution is -2.32. The molecule has 0 aliphatic carbocycles. The average molecular weight is 412 g/mol. The van der Waals surface area contributed by atoms with Gasteiger partial charge < -0.3 is 20.0 Å². The van der Waals surface area contributed by atoms with Crippen LogP contribution in [0.2, 0.25) is 0 Å². The molecule has 4 aromatic rings. The molecule has 0 fully saturated rings. The molecule has 0 bridgehead atoms. The molecule has 1 atom stereocenters. The molecule has 9 nitrogen and oxygen atoms in total. The maximum atomic E-state index is 12.9. The van der Waals surface area contributed by atoms with E-state index in [-0.39, 0.29) is 23.4 Å². The number of pyridine rings is 1. The monoisotopic (exact) mass is 412 g/mol. The van der Waals surface area contributed by atoms with Crippen LogP contribution in [-0.2, 0) is 4.79 Å². The Hall–Kier alpha value is -4.53. The number of hydrogen-bond acceptors (Lipinski definition) is 7. The largest absolute Gasteiger partial charge is 0.403 e. The van der Waals surface area contributed by atoms with E-state index in [2.05, 4.69) is 30.8 Å². The van der Waals surface area contributed by atoms with Crippen molar-refractivity contribution >= 4 is 23.3 Å². The molecule has 0 radical (unpaired) electrons. The summed E-state index contributed by atoms with van der Waals surface area (Å²) in [5.41, 5.74) is 3.17. The number of aromatic nitrogens is 3. The summed E-state index contributed by atoms with van der Waals surface area (Å²) in [7, 11) is 0. The van der Waals surface area contributed by atoms with Gasteiger partial charge in [0.15, 0.2) is 0 Å². The van der Waals surface area contributed by atoms with E-state index in [4.69, 9.17) is 4.42 Å². The molecule has 1 amide bonds. The smallest absolute Gasteiger partial charge is 0.317 e. The fourth-order valence-corrected chi connectivity index (χ4v) is 3.27. The third kappa shape index (κ3) is 3.71. The number of hydrogen-bond donors (Lipinski definition) is 3. The van der Waals surface area contributed by atoms with E-state index in [1.807, 2.05) is 54.6 Å². The van der Waals surface area contributed by atoms with Gasteiger partial charge in [-0.3, -0.25) is 9.59 Å². The Morgan fingerprint density at radius 2 is 1.71 bits per heavy atom. The minimum absolute atomic E-state index is 0.0116. The van der Waals surface area contributed by atoms with Crippen molar-refractivity contribution in [3.05, 3.63) is 94.4 Å². The summed E-state index contributed by atoms with van der Waals surface area (Å²) >= 11 is 0. The zero-order valence-electron chi connectivity index (χ0n) is 16.1. The van der Waals surface area contributed by atoms with Crippen LogP contribution in [0.5, 0.6) is 0 Å². The molecule has 0 saturated carbocycles. The van der Waals surface area contributed by atoms with Crippen LogP contribution in [-0.4, -0.2) is 33.0 Å². The lowest BCUT2D eigenvalue weighted by molar-refractivity contribution is -0.116. The maximum Gasteiger partial charge on any atom is 0.317 e. The number of amides is 1. The topological polar surface area (TPSA) is 125 Å². The molecule has 0 saturated heterocycles. The van der Waals surface area contributed by atoms with E-state index in [0.29, 0.717) is 17.0 Å². The van der Waals surface area contributed by atoms with Gasteiger partial charge in [0.2, 0.25) is 17.6 Å². The summed E-state index contributed by atoms with van der Waals surface area (Å²) in [6.45, 7) is 0. The quantitative estimate of drug-likeness (QED) is 0.473. The van der Waals surface area contributed by atoms with Crippen molar-refractivity contribution in [2.45, 2.75) is 6.17 Å². The Balaban J connectivity index is 1.51. The molecule has 1 aliphatic heterocycles. The summed E-state index contributed by atoms with van der Waals surface area (Å²) in [6.07, 6.45) is 0.483. The predicted octanol–water partition coefficient (Wildman–Crippen LogP) is 2.65. The van der Waals surface area contributed by atoms with E-state index in [9.17, 15) is 9.59 Å². The summed E-state index contributed by atoms with van der Waals surface area (Å²) in [5.74, 6) is -0.215. The van der Waals surface area contributed by atoms with Crippen LogP contribution in [0.15, 0.2) is 87.1 Å². The normalized spacial score (nSPS) is 15.4. The third-order valence-electron chi connectivity index (χ3n) is 4.70. The Kier molecular flexibility index (Phi) is 4.60. The summed E-state index contributed by atoms with van der Waals surface area (Å²) in [6, 6.07) is 20.1. The lowest BCUT2D eigenvalue weighted by Gasteiger charge is -2.11. The van der Waals surface area contributed by atoms with Crippen molar-refractivity contribution in [3.8, 4) is 11.5 Å². The Labute approximate surface area is 175 Å². The Morgan fingerprint density at radius 1 is 0.903 bits per heavy atom. The zero-order valence-corrected chi connectivity index (χ0v) is 16.1. The number of carbonyl (C=O) groups is 1. The van der Waals surface area contributed by atoms with Crippen molar-refractivity contribution in [2.75, 3.05) is 10.6 Å². The van der Waals surface area contributed by atoms with Crippen molar-refractivity contribution in [1.82, 2.24) is 15.2 Å². The number of aromatic amines is 1. The number of benzene rings is 2. The fraction of sp³-hybridized carbons (Fsp3) is 0.0455. The molecule has 1 aliphatic rings. The molecule has 3 N–H and O–H groups in total. The van der Waals surface area contributed by atoms with Crippen LogP contribution in [0.4, 0.5) is 11.7 Å². The van der Waals surface area contributed by atoms with Gasteiger partial charge in [-0.1, -0.05) is 53.6 Å². The number of anilines is 2. The van der Waals surface area contributed by atoms with Crippen LogP contribution >= 0.6 is 0 Å². The van der Waals surface area contributed by atoms with Gasteiger partial charge in [0.05, 0.1) is 11.4 Å². The number of H-pyrrole nitrogens is 1. The first-order valence-electron chi connectivity index (χ1n) is 9.50. The summed E-state index contributed by atoms with van der Waals surface area (Å²) in [4.78, 5) is 31.6. The second kappa shape index (κ2) is 7.71. The van der Waals surface area contributed by atoms with Crippen LogP contribution < -0.4 is 16.2 Å². The van der Waals surface area contributed by atoms with Gasteiger partial charge in [0.25, 0.3) is 5.91 Å². The van der Waals surface area contributed by atoms with Crippen LogP contribution in [0.25, 0.3) is 11.5 Å². The SMILES string of the molecule is O=C1Nc2ccccc2C(c2ccccc2)=NC1Nc1nnc(-c2cc[nH]c(=O)c2)o1. The van der Waals surface area contributed by atoms with E-state index in [0.717, 1.165) is 11.1 Å². The first-order chi connectivity index (χ1) is 15.2. The molecule has 5 rings (SSSR count). The minimum atomic E-state index is -1.00. The van der Waals surface area contributed by atoms with Gasteiger partial charge in [0.1, 0.15) is 0 Å². The Morgan fingerprint density at radius 3 is 2.55 bits per heavy atom. The van der Waals surface area contributed by atoms with Crippen molar-refractivity contribution < 1.29 is 9.21 Å². The molecule has 31 heavy (non-hydrogen) atoms. The predicted molar refractivity (Wildman–Crippen MR) is 115 cm³/mol. The van der Waals surface area contributed by atoms with Gasteiger partial charge in [-0.2, -0.15) is 0 Å². The number of para-hydroxylation sites is 1. The van der Waals surface area contributed by atoms with Crippen molar-refractivity contribution in [3.63, 3.8) is 0 Å². The number of benzodiazepines with no additional fused rings is 1. The van der Waals surface area contributed by atoms with Gasteiger partial charge in [0, 0.05) is 29.0 Å². The third-order valence-corrected chi connectivity index (χ3v) is 4.70. The molecule has 3 heterocycles. The van der Waals surface area contributed by atoms with Crippen LogP contribution in [0, 0.1) is 0 Å². The first kappa shape index (κ1) is 18.5. The minimum Gasteiger partial charge on any atom is -0.403 e. The molecule has 1 unspecified atom stereocenters. The van der Waals surface area contributed by atoms with E-state index in [1.165, 1.54) is 12.3 Å². The molecule has 2 aromatic carbocycles. The van der Waals surface area contributed by atoms with Crippen molar-refractivity contribution in [2.24, 2.45) is 4.99 Å². The van der Waals surface area contributed by atoms with Crippen molar-refractivity contribution in [1.29, 1.82) is 0 Å². The number of rotatable bonds is 4. The van der Waals surface area contributed by atoms with E-state index >= 15 is 0 Å². The van der Waals surface area contributed by atoms with Gasteiger partial charge in [-0.15, -0.1) is 5.10 Å². The zero-order chi connectivity index (χ0) is 21.2. The number of nitrogens with zero attached hydrogens (tertiary/aromatic N) is 3. The number of carbonyl (C=O) groups excluding carboxylic acids is 1. The molecule has 9 heteroatoms. The average Bonchev–Trinajstić information content (AvgIpc) is 3.21. The fourth-order valence-electron chi connectivity index (χ4n) is 3.27. The highest BCUT2D eigenvalue weighted by atomic mass is 16.4. The van der Waals surface area contributed by atoms with Crippen LogP contribution in [0.1, 0.15) is 11.1 Å². The maximum absolute atomic E-state index is 12.9. The molecule has 2 aromatic heterocycles. The second-order valence-electron chi connectivity index (χ2n) is 6.78. The van der Waals surface area contributed by atoms with Gasteiger partial charge in [-0.25, -0.2) is 4.99 Å². The van der Waals surface area contributed by atoms with Crippen LogP contribution in [0.3, 0.4) is 0 Å². The van der Waals surface area contributed by atoms with Gasteiger partial charge >= 0.3 is 6.01 Å². The molecule has 0 spiro atoms. The highest BCUT2D eigenvalue weighted by Crippen LogP contribution is 2.25. The number of nitrogens with one attached hydrogen (secondary N) is 3. The highest BCUT2D eigenvalue weighted by Gasteiger charge is 2.27. The highest BCUT2D eigenvalue weighted by molar-refractivity contribution is 6.19. The van der Waals surface area contributed by atoms with E-state index < -0.39 is 6.17 Å². The van der Waals surface area contributed by atoms with Gasteiger partial charge in [-0.05, 0) is 12.1 Å². The summed E-state index contributed by atoms with van der Waals surface area (Å²) < 4.78 is 5.60. The Bertz CT molecular complexity index is 1340. The molecule has 152 valence electrons. The second-order valence-corrected chi connectivity index (χ2v) is 6.78. The molecular formula is C22H16N6O3. The lowest BCUT2D eigenvalue weighted by atomic mass is 10.0.